The number of phenols is 1. The van der Waals surface area contributed by atoms with Gasteiger partial charge in [0.05, 0.1) is 17.8 Å². The lowest BCUT2D eigenvalue weighted by Gasteiger charge is -2.28. The molecule has 0 radical (unpaired) electrons. The molecule has 0 unspecified atom stereocenters. The first kappa shape index (κ1) is 18.5. The lowest BCUT2D eigenvalue weighted by molar-refractivity contribution is 0.397. The molecule has 28 heavy (non-hydrogen) atoms. The Balaban J connectivity index is 1.81. The first-order valence-corrected chi connectivity index (χ1v) is 9.73. The van der Waals surface area contributed by atoms with Crippen LogP contribution in [-0.4, -0.2) is 19.8 Å². The lowest BCUT2D eigenvalue weighted by atomic mass is 9.98. The van der Waals surface area contributed by atoms with E-state index >= 15 is 0 Å². The highest BCUT2D eigenvalue weighted by atomic mass is 32.1. The van der Waals surface area contributed by atoms with Gasteiger partial charge in [-0.2, -0.15) is 0 Å². The Labute approximate surface area is 170 Å². The van der Waals surface area contributed by atoms with Gasteiger partial charge in [0.2, 0.25) is 0 Å². The lowest BCUT2D eigenvalue weighted by Crippen LogP contribution is -2.29. The maximum absolute atomic E-state index is 9.69. The van der Waals surface area contributed by atoms with Gasteiger partial charge in [-0.25, -0.2) is 0 Å². The predicted molar refractivity (Wildman–Crippen MR) is 115 cm³/mol. The molecule has 0 bridgehead atoms. The Bertz CT molecular complexity index is 976. The molecule has 4 rings (SSSR count). The van der Waals surface area contributed by atoms with Crippen molar-refractivity contribution in [2.24, 2.45) is 0 Å². The Morgan fingerprint density at radius 1 is 1.07 bits per heavy atom. The second-order valence-electron chi connectivity index (χ2n) is 8.04. The van der Waals surface area contributed by atoms with E-state index in [4.69, 9.17) is 12.2 Å². The molecule has 3 aromatic rings. The maximum atomic E-state index is 9.69. The van der Waals surface area contributed by atoms with E-state index in [2.05, 4.69) is 59.0 Å². The highest BCUT2D eigenvalue weighted by Crippen LogP contribution is 2.42. The second-order valence-corrected chi connectivity index (χ2v) is 8.42. The summed E-state index contributed by atoms with van der Waals surface area (Å²) in [5, 5.41) is 13.8. The molecule has 2 aromatic heterocycles. The minimum atomic E-state index is -0.0710. The molecule has 1 aromatic carbocycles. The van der Waals surface area contributed by atoms with Gasteiger partial charge in [-0.3, -0.25) is 4.98 Å². The van der Waals surface area contributed by atoms with E-state index < -0.39 is 0 Å². The molecule has 5 nitrogen and oxygen atoms in total. The number of hydrogen-bond acceptors (Lipinski definition) is 3. The van der Waals surface area contributed by atoms with E-state index in [0.29, 0.717) is 5.11 Å². The van der Waals surface area contributed by atoms with Crippen LogP contribution >= 0.6 is 12.2 Å². The van der Waals surface area contributed by atoms with Gasteiger partial charge in [0.1, 0.15) is 5.75 Å². The monoisotopic (exact) mass is 392 g/mol. The summed E-state index contributed by atoms with van der Waals surface area (Å²) in [5.41, 5.74) is 3.03. The molecule has 2 N–H and O–H groups in total. The summed E-state index contributed by atoms with van der Waals surface area (Å²) >= 11 is 5.71. The SMILES string of the molecule is CC(C)(C)n1ccc([C@H]2[C@H](c3ccccn3)NC(=S)N2c2ccc(O)cc2)c1. The number of benzene rings is 1. The average Bonchev–Trinajstić information content (AvgIpc) is 3.28. The van der Waals surface area contributed by atoms with Crippen molar-refractivity contribution in [3.05, 3.63) is 78.4 Å². The van der Waals surface area contributed by atoms with Crippen LogP contribution in [0.2, 0.25) is 0 Å². The van der Waals surface area contributed by atoms with E-state index in [1.165, 1.54) is 0 Å². The zero-order chi connectivity index (χ0) is 19.9. The highest BCUT2D eigenvalue weighted by Gasteiger charge is 2.41. The summed E-state index contributed by atoms with van der Waals surface area (Å²) in [4.78, 5) is 6.68. The van der Waals surface area contributed by atoms with Crippen molar-refractivity contribution >= 4 is 23.0 Å². The van der Waals surface area contributed by atoms with Gasteiger partial charge in [0.15, 0.2) is 5.11 Å². The van der Waals surface area contributed by atoms with Crippen molar-refractivity contribution in [2.45, 2.75) is 38.4 Å². The smallest absolute Gasteiger partial charge is 0.174 e. The van der Waals surface area contributed by atoms with Crippen LogP contribution in [0.3, 0.4) is 0 Å². The number of hydrogen-bond donors (Lipinski definition) is 2. The molecule has 1 fully saturated rings. The molecule has 0 aliphatic carbocycles. The van der Waals surface area contributed by atoms with Gasteiger partial charge in [0, 0.05) is 29.8 Å². The summed E-state index contributed by atoms with van der Waals surface area (Å²) in [6.45, 7) is 6.55. The molecule has 3 heterocycles. The number of thiocarbonyl (C=S) groups is 1. The number of phenolic OH excluding ortho intramolecular Hbond substituents is 1. The summed E-state index contributed by atoms with van der Waals surface area (Å²) in [6, 6.07) is 15.1. The average molecular weight is 393 g/mol. The third-order valence-electron chi connectivity index (χ3n) is 5.06. The second kappa shape index (κ2) is 6.95. The number of anilines is 1. The zero-order valence-electron chi connectivity index (χ0n) is 16.2. The minimum absolute atomic E-state index is 0.00531. The van der Waals surface area contributed by atoms with Crippen LogP contribution in [0.25, 0.3) is 0 Å². The maximum Gasteiger partial charge on any atom is 0.174 e. The normalized spacial score (nSPS) is 19.7. The molecule has 0 saturated carbocycles. The van der Waals surface area contributed by atoms with Crippen LogP contribution in [0.1, 0.15) is 44.1 Å². The van der Waals surface area contributed by atoms with E-state index in [0.717, 1.165) is 16.9 Å². The Kier molecular flexibility index (Phi) is 4.59. The molecule has 1 aliphatic heterocycles. The van der Waals surface area contributed by atoms with Crippen molar-refractivity contribution in [1.82, 2.24) is 14.9 Å². The molecular weight excluding hydrogens is 368 g/mol. The third kappa shape index (κ3) is 3.36. The molecule has 1 aliphatic rings. The van der Waals surface area contributed by atoms with Crippen molar-refractivity contribution < 1.29 is 5.11 Å². The van der Waals surface area contributed by atoms with Gasteiger partial charge in [-0.1, -0.05) is 6.07 Å². The largest absolute Gasteiger partial charge is 0.508 e. The van der Waals surface area contributed by atoms with Crippen LogP contribution in [0.15, 0.2) is 67.1 Å². The van der Waals surface area contributed by atoms with E-state index in [-0.39, 0.29) is 23.4 Å². The van der Waals surface area contributed by atoms with Crippen LogP contribution in [-0.2, 0) is 5.54 Å². The van der Waals surface area contributed by atoms with Crippen LogP contribution in [0.4, 0.5) is 5.69 Å². The Hall–Kier alpha value is -2.86. The van der Waals surface area contributed by atoms with Crippen LogP contribution in [0.5, 0.6) is 5.75 Å². The molecule has 2 atom stereocenters. The minimum Gasteiger partial charge on any atom is -0.508 e. The molecule has 0 spiro atoms. The third-order valence-corrected chi connectivity index (χ3v) is 5.37. The fourth-order valence-corrected chi connectivity index (χ4v) is 3.94. The molecular formula is C22H24N4OS. The van der Waals surface area contributed by atoms with Gasteiger partial charge in [-0.15, -0.1) is 0 Å². The van der Waals surface area contributed by atoms with Crippen molar-refractivity contribution in [3.8, 4) is 5.75 Å². The first-order valence-electron chi connectivity index (χ1n) is 9.33. The summed E-state index contributed by atoms with van der Waals surface area (Å²) in [7, 11) is 0. The fourth-order valence-electron chi connectivity index (χ4n) is 3.59. The van der Waals surface area contributed by atoms with Gasteiger partial charge in [-0.05, 0) is 81.0 Å². The Morgan fingerprint density at radius 3 is 2.43 bits per heavy atom. The number of aromatic nitrogens is 2. The zero-order valence-corrected chi connectivity index (χ0v) is 17.0. The summed E-state index contributed by atoms with van der Waals surface area (Å²) < 4.78 is 2.22. The van der Waals surface area contributed by atoms with Crippen LogP contribution in [0, 0.1) is 0 Å². The van der Waals surface area contributed by atoms with Crippen molar-refractivity contribution in [2.75, 3.05) is 4.90 Å². The van der Waals surface area contributed by atoms with Crippen LogP contribution < -0.4 is 10.2 Å². The van der Waals surface area contributed by atoms with Gasteiger partial charge >= 0.3 is 0 Å². The topological polar surface area (TPSA) is 53.3 Å². The van der Waals surface area contributed by atoms with E-state index in [1.54, 1.807) is 18.3 Å². The number of nitrogens with zero attached hydrogens (tertiary/aromatic N) is 3. The molecule has 144 valence electrons. The van der Waals surface area contributed by atoms with E-state index in [9.17, 15) is 5.11 Å². The predicted octanol–water partition coefficient (Wildman–Crippen LogP) is 4.52. The van der Waals surface area contributed by atoms with Gasteiger partial charge in [0.25, 0.3) is 0 Å². The highest BCUT2D eigenvalue weighted by molar-refractivity contribution is 7.80. The summed E-state index contributed by atoms with van der Waals surface area (Å²) in [5.74, 6) is 0.235. The Morgan fingerprint density at radius 2 is 1.82 bits per heavy atom. The van der Waals surface area contributed by atoms with E-state index in [1.807, 2.05) is 30.3 Å². The number of aromatic hydroxyl groups is 1. The van der Waals surface area contributed by atoms with Gasteiger partial charge < -0.3 is 19.9 Å². The first-order chi connectivity index (χ1) is 13.3. The fraction of sp³-hybridized carbons (Fsp3) is 0.273. The number of nitrogens with one attached hydrogen (secondary N) is 1. The quantitative estimate of drug-likeness (QED) is 0.642. The number of rotatable bonds is 3. The van der Waals surface area contributed by atoms with Crippen molar-refractivity contribution in [3.63, 3.8) is 0 Å². The van der Waals surface area contributed by atoms with Crippen molar-refractivity contribution in [1.29, 1.82) is 0 Å². The summed E-state index contributed by atoms with van der Waals surface area (Å²) in [6.07, 6.45) is 6.10. The molecule has 0 amide bonds. The molecule has 6 heteroatoms. The standard InChI is InChI=1S/C22H24N4OS/c1-22(2,3)25-13-11-15(14-25)20-19(18-6-4-5-12-23-18)24-21(28)26(20)16-7-9-17(27)10-8-16/h4-14,19-20,27H,1-3H3,(H,24,28)/t19-,20-/m0/s1. The number of pyridine rings is 1. The molecule has 1 saturated heterocycles.